The van der Waals surface area contributed by atoms with Crippen molar-refractivity contribution in [2.24, 2.45) is 0 Å². The molecule has 1 aliphatic heterocycles. The molecule has 0 atom stereocenters. The Hall–Kier alpha value is -2.45. The molecule has 2 heterocycles. The van der Waals surface area contributed by atoms with Gasteiger partial charge in [-0.05, 0) is 60.6 Å². The molecule has 2 N–H and O–H groups in total. The molecule has 0 aliphatic carbocycles. The normalized spacial score (nSPS) is 14.8. The van der Waals surface area contributed by atoms with E-state index in [1.807, 2.05) is 32.1 Å². The van der Waals surface area contributed by atoms with Crippen molar-refractivity contribution in [3.63, 3.8) is 0 Å². The summed E-state index contributed by atoms with van der Waals surface area (Å²) in [6, 6.07) is 7.13. The largest absolute Gasteiger partial charge is 0.489 e. The van der Waals surface area contributed by atoms with Gasteiger partial charge in [-0.1, -0.05) is 35.4 Å². The predicted octanol–water partition coefficient (Wildman–Crippen LogP) is 2.62. The Kier molecular flexibility index (Phi) is 7.90. The Labute approximate surface area is 195 Å². The van der Waals surface area contributed by atoms with Gasteiger partial charge >= 0.3 is 7.12 Å². The van der Waals surface area contributed by atoms with Crippen LogP contribution < -0.4 is 5.46 Å². The first-order valence-electron chi connectivity index (χ1n) is 10.6. The van der Waals surface area contributed by atoms with Gasteiger partial charge in [0.2, 0.25) is 0 Å². The molecule has 0 saturated heterocycles. The molecule has 6 nitrogen and oxygen atoms in total. The summed E-state index contributed by atoms with van der Waals surface area (Å²) in [5.41, 5.74) is 5.84. The topological polar surface area (TPSA) is 76.9 Å². The second kappa shape index (κ2) is 10.4. The van der Waals surface area contributed by atoms with E-state index in [1.165, 1.54) is 10.5 Å². The van der Waals surface area contributed by atoms with Gasteiger partial charge in [0.1, 0.15) is 0 Å². The number of hydrogen-bond donors (Lipinski definition) is 2. The average molecular weight is 454 g/mol. The molecule has 0 spiro atoms. The van der Waals surface area contributed by atoms with Crippen LogP contribution in [0.15, 0.2) is 42.1 Å². The van der Waals surface area contributed by atoms with E-state index < -0.39 is 7.12 Å². The van der Waals surface area contributed by atoms with Gasteiger partial charge in [-0.3, -0.25) is 14.7 Å². The molecule has 0 unspecified atom stereocenters. The molecular weight excluding hydrogens is 425 g/mol. The van der Waals surface area contributed by atoms with Gasteiger partial charge in [0.15, 0.2) is 0 Å². The molecule has 1 amide bonds. The van der Waals surface area contributed by atoms with Crippen molar-refractivity contribution in [1.82, 2.24) is 14.8 Å². The van der Waals surface area contributed by atoms with Crippen LogP contribution in [0.1, 0.15) is 40.5 Å². The minimum atomic E-state index is -1.53. The summed E-state index contributed by atoms with van der Waals surface area (Å²) in [6.07, 6.45) is 6.61. The number of carbonyl (C=O) groups is 1. The Morgan fingerprint density at radius 1 is 1.31 bits per heavy atom. The molecule has 1 aromatic heterocycles. The maximum atomic E-state index is 12.1. The number of amides is 1. The summed E-state index contributed by atoms with van der Waals surface area (Å²) < 4.78 is 0. The minimum Gasteiger partial charge on any atom is -0.423 e. The van der Waals surface area contributed by atoms with E-state index in [-0.39, 0.29) is 5.91 Å². The zero-order chi connectivity index (χ0) is 23.4. The van der Waals surface area contributed by atoms with Gasteiger partial charge in [0, 0.05) is 56.2 Å². The van der Waals surface area contributed by atoms with Gasteiger partial charge in [-0.2, -0.15) is 0 Å². The summed E-state index contributed by atoms with van der Waals surface area (Å²) in [6.45, 7) is 6.34. The lowest BCUT2D eigenvalue weighted by molar-refractivity contribution is 0.0827. The Balaban J connectivity index is 1.70. The summed E-state index contributed by atoms with van der Waals surface area (Å²) in [5, 5.41) is 19.9. The number of rotatable bonds is 6. The van der Waals surface area contributed by atoms with Crippen LogP contribution in [0.5, 0.6) is 0 Å². The SMILES string of the molecule is C/C(=C\c1c(B(O)O)ccnc1C)CN1CC=C(c2ccc(C(=O)N(C)C)cc2Cl)CC1. The number of aromatic nitrogens is 1. The molecule has 2 aromatic rings. The second-order valence-corrected chi connectivity index (χ2v) is 8.78. The fourth-order valence-corrected chi connectivity index (χ4v) is 4.22. The van der Waals surface area contributed by atoms with Crippen molar-refractivity contribution < 1.29 is 14.8 Å². The second-order valence-electron chi connectivity index (χ2n) is 8.37. The van der Waals surface area contributed by atoms with Crippen LogP contribution >= 0.6 is 11.6 Å². The van der Waals surface area contributed by atoms with E-state index in [0.717, 1.165) is 48.4 Å². The van der Waals surface area contributed by atoms with Gasteiger partial charge in [0.25, 0.3) is 5.91 Å². The van der Waals surface area contributed by atoms with Crippen LogP contribution in [-0.4, -0.2) is 71.6 Å². The lowest BCUT2D eigenvalue weighted by Gasteiger charge is -2.27. The van der Waals surface area contributed by atoms with Crippen LogP contribution in [0.4, 0.5) is 0 Å². The fourth-order valence-electron chi connectivity index (χ4n) is 3.92. The number of hydrogen-bond acceptors (Lipinski definition) is 5. The van der Waals surface area contributed by atoms with Gasteiger partial charge in [-0.15, -0.1) is 0 Å². The zero-order valence-electron chi connectivity index (χ0n) is 19.0. The molecule has 0 fully saturated rings. The van der Waals surface area contributed by atoms with E-state index in [4.69, 9.17) is 11.6 Å². The van der Waals surface area contributed by atoms with E-state index in [9.17, 15) is 14.8 Å². The molecule has 0 radical (unpaired) electrons. The van der Waals surface area contributed by atoms with Gasteiger partial charge < -0.3 is 14.9 Å². The summed E-state index contributed by atoms with van der Waals surface area (Å²) in [7, 11) is 1.92. The van der Waals surface area contributed by atoms with Crippen molar-refractivity contribution in [2.45, 2.75) is 20.3 Å². The van der Waals surface area contributed by atoms with E-state index in [2.05, 4.69) is 16.0 Å². The third-order valence-electron chi connectivity index (χ3n) is 5.63. The number of halogens is 1. The van der Waals surface area contributed by atoms with Crippen molar-refractivity contribution in [3.8, 4) is 0 Å². The third-order valence-corrected chi connectivity index (χ3v) is 5.94. The zero-order valence-corrected chi connectivity index (χ0v) is 19.7. The highest BCUT2D eigenvalue weighted by Gasteiger charge is 2.19. The standard InChI is InChI=1S/C24H29BClN3O3/c1-16(13-21-17(2)27-10-7-22(21)25(31)32)15-29-11-8-18(9-12-29)20-6-5-19(14-23(20)26)24(30)28(3)4/h5-8,10,13-14,31-32H,9,11-12,15H2,1-4H3/b16-13+. The quantitative estimate of drug-likeness (QED) is 0.658. The Bertz CT molecular complexity index is 1070. The summed E-state index contributed by atoms with van der Waals surface area (Å²) in [5.74, 6) is -0.0646. The van der Waals surface area contributed by atoms with Gasteiger partial charge in [0.05, 0.1) is 0 Å². The number of aryl methyl sites for hydroxylation is 1. The first-order chi connectivity index (χ1) is 15.2. The molecule has 32 heavy (non-hydrogen) atoms. The van der Waals surface area contributed by atoms with E-state index in [0.29, 0.717) is 16.0 Å². The fraction of sp³-hybridized carbons (Fsp3) is 0.333. The number of pyridine rings is 1. The van der Waals surface area contributed by atoms with Gasteiger partial charge in [-0.25, -0.2) is 0 Å². The first kappa shape index (κ1) is 24.2. The molecule has 1 aromatic carbocycles. The number of nitrogens with zero attached hydrogens (tertiary/aromatic N) is 3. The lowest BCUT2D eigenvalue weighted by atomic mass is 9.76. The van der Waals surface area contributed by atoms with Crippen molar-refractivity contribution in [3.05, 3.63) is 69.5 Å². The monoisotopic (exact) mass is 453 g/mol. The predicted molar refractivity (Wildman–Crippen MR) is 131 cm³/mol. The average Bonchev–Trinajstić information content (AvgIpc) is 2.75. The summed E-state index contributed by atoms with van der Waals surface area (Å²) >= 11 is 6.50. The van der Waals surface area contributed by atoms with E-state index >= 15 is 0 Å². The molecule has 168 valence electrons. The first-order valence-corrected chi connectivity index (χ1v) is 11.0. The van der Waals surface area contributed by atoms with Crippen LogP contribution in [0, 0.1) is 6.92 Å². The smallest absolute Gasteiger partial charge is 0.423 e. The maximum absolute atomic E-state index is 12.1. The minimum absolute atomic E-state index is 0.0646. The van der Waals surface area contributed by atoms with E-state index in [1.54, 1.807) is 32.4 Å². The highest BCUT2D eigenvalue weighted by atomic mass is 35.5. The van der Waals surface area contributed by atoms with Crippen LogP contribution in [0.3, 0.4) is 0 Å². The number of carbonyl (C=O) groups excluding carboxylic acids is 1. The van der Waals surface area contributed by atoms with Crippen molar-refractivity contribution >= 4 is 41.7 Å². The lowest BCUT2D eigenvalue weighted by Crippen LogP contribution is -2.33. The van der Waals surface area contributed by atoms with Crippen LogP contribution in [0.25, 0.3) is 11.6 Å². The van der Waals surface area contributed by atoms with Crippen LogP contribution in [0.2, 0.25) is 5.02 Å². The molecule has 0 bridgehead atoms. The molecule has 8 heteroatoms. The highest BCUT2D eigenvalue weighted by molar-refractivity contribution is 6.59. The summed E-state index contributed by atoms with van der Waals surface area (Å²) in [4.78, 5) is 20.3. The third kappa shape index (κ3) is 5.67. The molecule has 1 aliphatic rings. The highest BCUT2D eigenvalue weighted by Crippen LogP contribution is 2.30. The van der Waals surface area contributed by atoms with Crippen molar-refractivity contribution in [1.29, 1.82) is 0 Å². The maximum Gasteiger partial charge on any atom is 0.489 e. The Morgan fingerprint density at radius 2 is 2.06 bits per heavy atom. The van der Waals surface area contributed by atoms with Crippen molar-refractivity contribution in [2.75, 3.05) is 33.7 Å². The Morgan fingerprint density at radius 3 is 2.66 bits per heavy atom. The number of benzene rings is 1. The molecular formula is C24H29BClN3O3. The molecule has 3 rings (SSSR count). The van der Waals surface area contributed by atoms with Crippen LogP contribution in [-0.2, 0) is 0 Å². The molecule has 0 saturated carbocycles.